The number of morpholine rings is 2. The summed E-state index contributed by atoms with van der Waals surface area (Å²) in [4.78, 5) is 41.9. The number of hydrogen-bond donors (Lipinski definition) is 1. The van der Waals surface area contributed by atoms with E-state index in [0.717, 1.165) is 11.2 Å². The van der Waals surface area contributed by atoms with Gasteiger partial charge >= 0.3 is 6.16 Å². The number of carbonyl (C=O) groups excluding carboxylic acids is 1. The van der Waals surface area contributed by atoms with Crippen LogP contribution in [0, 0.1) is 10.1 Å². The molecule has 0 radical (unpaired) electrons. The van der Waals surface area contributed by atoms with Gasteiger partial charge in [-0.1, -0.05) is 0 Å². The molecule has 2 fully saturated rings. The Bertz CT molecular complexity index is 1720. The minimum atomic E-state index is -1.05. The maximum Gasteiger partial charge on any atom is 0.519 e. The summed E-state index contributed by atoms with van der Waals surface area (Å²) in [7, 11) is 0. The first-order valence-corrected chi connectivity index (χ1v) is 14.6. The average Bonchev–Trinajstić information content (AvgIpc) is 3.05. The molecule has 0 amide bonds. The highest BCUT2D eigenvalue weighted by Crippen LogP contribution is 2.33. The largest absolute Gasteiger partial charge is 0.519 e. The second-order valence-corrected chi connectivity index (χ2v) is 10.8. The average molecular weight is 617 g/mol. The van der Waals surface area contributed by atoms with Gasteiger partial charge < -0.3 is 33.9 Å². The molecule has 6 rings (SSSR count). The van der Waals surface area contributed by atoms with Gasteiger partial charge in [-0.2, -0.15) is 9.97 Å². The van der Waals surface area contributed by atoms with Gasteiger partial charge in [0.1, 0.15) is 17.3 Å². The fourth-order valence-electron chi connectivity index (χ4n) is 5.36. The number of nitrogens with zero attached hydrogens (tertiary/aromatic N) is 6. The molecule has 0 saturated carbocycles. The maximum atomic E-state index is 12.4. The molecule has 2 saturated heterocycles. The van der Waals surface area contributed by atoms with Crippen molar-refractivity contribution in [3.63, 3.8) is 0 Å². The smallest absolute Gasteiger partial charge is 0.395 e. The quantitative estimate of drug-likeness (QED) is 0.137. The summed E-state index contributed by atoms with van der Waals surface area (Å²) in [6.07, 6.45) is -1.05. The Morgan fingerprint density at radius 3 is 2.33 bits per heavy atom. The van der Waals surface area contributed by atoms with Crippen LogP contribution in [-0.4, -0.2) is 82.7 Å². The number of aliphatic hydroxyl groups excluding tert-OH is 1. The summed E-state index contributed by atoms with van der Waals surface area (Å²) < 4.78 is 21.8. The molecular formula is C31H32N6O8. The third kappa shape index (κ3) is 6.48. The van der Waals surface area contributed by atoms with Crippen LogP contribution in [0.15, 0.2) is 54.6 Å². The second-order valence-electron chi connectivity index (χ2n) is 10.8. The first kappa shape index (κ1) is 30.1. The van der Waals surface area contributed by atoms with Crippen LogP contribution in [0.25, 0.3) is 22.3 Å². The molecule has 0 spiro atoms. The fraction of sp³-hybridized carbons (Fsp3) is 0.355. The van der Waals surface area contributed by atoms with Crippen LogP contribution in [0.2, 0.25) is 0 Å². The Morgan fingerprint density at radius 2 is 1.67 bits per heavy atom. The normalized spacial score (nSPS) is 18.6. The third-order valence-electron chi connectivity index (χ3n) is 7.76. The predicted octanol–water partition coefficient (Wildman–Crippen LogP) is 4.12. The maximum absolute atomic E-state index is 12.4. The zero-order valence-electron chi connectivity index (χ0n) is 24.8. The van der Waals surface area contributed by atoms with Crippen molar-refractivity contribution in [3.05, 3.63) is 70.3 Å². The standard InChI is InChI=1S/C31H32N6O8/c1-19-17-42-13-11-35(19)29-25-8-9-26(32-28(25)33-30(34-29)36-12-14-43-18-20(36)2)21-3-10-27(22(15-21)16-38)45-31(39)44-24-6-4-23(5-7-24)37(40)41/h3-10,15,19-20,38H,11-14,16-18H2,1-2H3/t19-,20-/m0/s1. The number of aromatic nitrogens is 3. The number of fused-ring (bicyclic) bond motifs is 1. The molecule has 14 heteroatoms. The number of non-ortho nitro benzene ring substituents is 1. The minimum Gasteiger partial charge on any atom is -0.395 e. The number of nitro groups is 1. The van der Waals surface area contributed by atoms with Crippen LogP contribution in [0.3, 0.4) is 0 Å². The third-order valence-corrected chi connectivity index (χ3v) is 7.76. The van der Waals surface area contributed by atoms with Gasteiger partial charge in [0, 0.05) is 36.3 Å². The number of pyridine rings is 1. The molecule has 14 nitrogen and oxygen atoms in total. The number of ether oxygens (including phenoxy) is 4. The summed E-state index contributed by atoms with van der Waals surface area (Å²) in [5, 5.41) is 21.8. The first-order valence-electron chi connectivity index (χ1n) is 14.6. The van der Waals surface area contributed by atoms with Crippen LogP contribution in [0.1, 0.15) is 19.4 Å². The molecule has 2 atom stereocenters. The van der Waals surface area contributed by atoms with E-state index in [1.807, 2.05) is 12.1 Å². The Morgan fingerprint density at radius 1 is 0.956 bits per heavy atom. The van der Waals surface area contributed by atoms with Crippen molar-refractivity contribution in [3.8, 4) is 22.8 Å². The number of hydrogen-bond acceptors (Lipinski definition) is 13. The van der Waals surface area contributed by atoms with E-state index in [9.17, 15) is 20.0 Å². The Labute approximate surface area is 258 Å². The molecule has 0 aliphatic carbocycles. The van der Waals surface area contributed by atoms with Crippen LogP contribution in [0.5, 0.6) is 11.5 Å². The van der Waals surface area contributed by atoms with Gasteiger partial charge in [-0.3, -0.25) is 10.1 Å². The Hall–Kier alpha value is -4.92. The molecule has 2 aliphatic rings. The highest BCUT2D eigenvalue weighted by atomic mass is 16.7. The summed E-state index contributed by atoms with van der Waals surface area (Å²) in [5.41, 5.74) is 2.02. The van der Waals surface area contributed by atoms with Crippen molar-refractivity contribution in [2.45, 2.75) is 32.5 Å². The lowest BCUT2D eigenvalue weighted by atomic mass is 10.1. The Balaban J connectivity index is 1.30. The summed E-state index contributed by atoms with van der Waals surface area (Å²) >= 11 is 0. The molecular weight excluding hydrogens is 584 g/mol. The summed E-state index contributed by atoms with van der Waals surface area (Å²) in [6.45, 7) is 7.50. The lowest BCUT2D eigenvalue weighted by molar-refractivity contribution is -0.384. The van der Waals surface area contributed by atoms with E-state index in [-0.39, 0.29) is 29.3 Å². The predicted molar refractivity (Wildman–Crippen MR) is 164 cm³/mol. The molecule has 2 aromatic heterocycles. The molecule has 4 aromatic rings. The van der Waals surface area contributed by atoms with Crippen LogP contribution >= 0.6 is 0 Å². The molecule has 234 valence electrons. The zero-order chi connectivity index (χ0) is 31.5. The number of anilines is 2. The van der Waals surface area contributed by atoms with Crippen molar-refractivity contribution in [1.82, 2.24) is 15.0 Å². The molecule has 1 N–H and O–H groups in total. The Kier molecular flexibility index (Phi) is 8.69. The van der Waals surface area contributed by atoms with Gasteiger partial charge in [-0.15, -0.1) is 0 Å². The summed E-state index contributed by atoms with van der Waals surface area (Å²) in [6, 6.07) is 14.0. The van der Waals surface area contributed by atoms with Gasteiger partial charge in [0.05, 0.1) is 61.1 Å². The molecule has 2 aromatic carbocycles. The lowest BCUT2D eigenvalue weighted by Crippen LogP contribution is -2.46. The van der Waals surface area contributed by atoms with Gasteiger partial charge in [0.15, 0.2) is 5.65 Å². The monoisotopic (exact) mass is 616 g/mol. The topological polar surface area (TPSA) is 163 Å². The molecule has 0 unspecified atom stereocenters. The van der Waals surface area contributed by atoms with Gasteiger partial charge in [0.25, 0.3) is 5.69 Å². The molecule has 4 heterocycles. The van der Waals surface area contributed by atoms with Gasteiger partial charge in [-0.25, -0.2) is 9.78 Å². The van der Waals surface area contributed by atoms with E-state index in [0.29, 0.717) is 67.9 Å². The minimum absolute atomic E-state index is 0.0757. The van der Waals surface area contributed by atoms with Crippen molar-refractivity contribution < 1.29 is 33.8 Å². The van der Waals surface area contributed by atoms with E-state index < -0.39 is 17.7 Å². The highest BCUT2D eigenvalue weighted by Gasteiger charge is 2.27. The molecule has 0 bridgehead atoms. The van der Waals surface area contributed by atoms with Gasteiger partial charge in [-0.05, 0) is 56.3 Å². The zero-order valence-corrected chi connectivity index (χ0v) is 24.8. The number of rotatable bonds is 7. The van der Waals surface area contributed by atoms with Crippen molar-refractivity contribution in [2.75, 3.05) is 49.3 Å². The summed E-state index contributed by atoms with van der Waals surface area (Å²) in [5.74, 6) is 1.56. The number of nitro benzene ring substituents is 1. The van der Waals surface area contributed by atoms with E-state index in [1.54, 1.807) is 18.2 Å². The number of benzene rings is 2. The van der Waals surface area contributed by atoms with Crippen LogP contribution in [-0.2, 0) is 16.1 Å². The van der Waals surface area contributed by atoms with Crippen molar-refractivity contribution in [1.29, 1.82) is 0 Å². The van der Waals surface area contributed by atoms with Crippen LogP contribution < -0.4 is 19.3 Å². The number of carbonyl (C=O) groups is 1. The van der Waals surface area contributed by atoms with Crippen molar-refractivity contribution >= 4 is 34.6 Å². The fourth-order valence-corrected chi connectivity index (χ4v) is 5.36. The van der Waals surface area contributed by atoms with E-state index in [2.05, 4.69) is 23.6 Å². The molecule has 45 heavy (non-hydrogen) atoms. The van der Waals surface area contributed by atoms with Crippen molar-refractivity contribution in [2.24, 2.45) is 0 Å². The van der Waals surface area contributed by atoms with E-state index >= 15 is 0 Å². The van der Waals surface area contributed by atoms with E-state index in [4.69, 9.17) is 33.9 Å². The first-order chi connectivity index (χ1) is 21.8. The lowest BCUT2D eigenvalue weighted by Gasteiger charge is -2.37. The number of aliphatic hydroxyl groups is 1. The molecule has 2 aliphatic heterocycles. The van der Waals surface area contributed by atoms with Gasteiger partial charge in [0.2, 0.25) is 5.95 Å². The van der Waals surface area contributed by atoms with E-state index in [1.165, 1.54) is 24.3 Å². The highest BCUT2D eigenvalue weighted by molar-refractivity contribution is 5.90. The second kappa shape index (κ2) is 13.0. The SMILES string of the molecule is C[C@H]1COCCN1c1nc(N2CCOC[C@@H]2C)c2ccc(-c3ccc(OC(=O)Oc4ccc([N+](=O)[O-])cc4)c(CO)c3)nc2n1. The van der Waals surface area contributed by atoms with Crippen LogP contribution in [0.4, 0.5) is 22.2 Å².